The Morgan fingerprint density at radius 3 is 2.45 bits per heavy atom. The molecular formula is C16H32N2O4. The first-order valence-electron chi connectivity index (χ1n) is 8.30. The number of carbonyl (C=O) groups excluding carboxylic acids is 1. The van der Waals surface area contributed by atoms with E-state index in [1.54, 1.807) is 4.90 Å². The number of ether oxygens (including phenoxy) is 3. The van der Waals surface area contributed by atoms with E-state index in [-0.39, 0.29) is 18.4 Å². The molecule has 1 aliphatic rings. The lowest BCUT2D eigenvalue weighted by molar-refractivity contribution is -0.134. The summed E-state index contributed by atoms with van der Waals surface area (Å²) in [5.74, 6) is 0. The molecule has 1 aliphatic heterocycles. The van der Waals surface area contributed by atoms with Crippen molar-refractivity contribution in [3.63, 3.8) is 0 Å². The third-order valence-corrected chi connectivity index (χ3v) is 3.35. The molecule has 0 saturated carbocycles. The van der Waals surface area contributed by atoms with E-state index in [1.165, 1.54) is 0 Å². The smallest absolute Gasteiger partial charge is 0.410 e. The molecule has 1 rings (SSSR count). The van der Waals surface area contributed by atoms with Gasteiger partial charge in [0.05, 0.1) is 0 Å². The highest BCUT2D eigenvalue weighted by molar-refractivity contribution is 5.68. The number of piperidine rings is 1. The van der Waals surface area contributed by atoms with E-state index in [0.717, 1.165) is 19.4 Å². The van der Waals surface area contributed by atoms with Crippen LogP contribution in [-0.2, 0) is 14.2 Å². The summed E-state index contributed by atoms with van der Waals surface area (Å²) < 4.78 is 16.5. The molecule has 1 amide bonds. The second kappa shape index (κ2) is 9.33. The SMILES string of the molecule is CCOC(CNC1CCCN(C(=O)OC(C)(C)C)C1)OCC. The zero-order valence-electron chi connectivity index (χ0n) is 14.7. The summed E-state index contributed by atoms with van der Waals surface area (Å²) in [4.78, 5) is 13.9. The van der Waals surface area contributed by atoms with Gasteiger partial charge in [0.25, 0.3) is 0 Å². The summed E-state index contributed by atoms with van der Waals surface area (Å²) in [6.45, 7) is 12.9. The molecule has 0 aromatic carbocycles. The fourth-order valence-electron chi connectivity index (χ4n) is 2.44. The van der Waals surface area contributed by atoms with Crippen LogP contribution in [0.4, 0.5) is 4.79 Å². The van der Waals surface area contributed by atoms with Crippen LogP contribution in [0.1, 0.15) is 47.5 Å². The molecule has 0 aromatic heterocycles. The lowest BCUT2D eigenvalue weighted by atomic mass is 10.1. The first-order valence-corrected chi connectivity index (χ1v) is 8.30. The largest absolute Gasteiger partial charge is 0.444 e. The Labute approximate surface area is 134 Å². The summed E-state index contributed by atoms with van der Waals surface area (Å²) in [7, 11) is 0. The molecule has 1 fully saturated rings. The summed E-state index contributed by atoms with van der Waals surface area (Å²) in [6, 6.07) is 0.254. The second-order valence-electron chi connectivity index (χ2n) is 6.51. The highest BCUT2D eigenvalue weighted by atomic mass is 16.7. The van der Waals surface area contributed by atoms with Gasteiger partial charge in [0, 0.05) is 38.9 Å². The van der Waals surface area contributed by atoms with E-state index in [2.05, 4.69) is 5.32 Å². The van der Waals surface area contributed by atoms with Crippen LogP contribution in [0.25, 0.3) is 0 Å². The van der Waals surface area contributed by atoms with Gasteiger partial charge in [-0.3, -0.25) is 0 Å². The van der Waals surface area contributed by atoms with Crippen molar-refractivity contribution in [2.45, 2.75) is 65.4 Å². The number of nitrogens with zero attached hydrogens (tertiary/aromatic N) is 1. The third-order valence-electron chi connectivity index (χ3n) is 3.35. The van der Waals surface area contributed by atoms with Crippen LogP contribution in [0.3, 0.4) is 0 Å². The molecule has 1 atom stereocenters. The highest BCUT2D eigenvalue weighted by Crippen LogP contribution is 2.15. The average molecular weight is 316 g/mol. The molecule has 1 N–H and O–H groups in total. The lowest BCUT2D eigenvalue weighted by Crippen LogP contribution is -2.51. The van der Waals surface area contributed by atoms with Crippen molar-refractivity contribution in [2.24, 2.45) is 0 Å². The molecule has 1 unspecified atom stereocenters. The highest BCUT2D eigenvalue weighted by Gasteiger charge is 2.27. The van der Waals surface area contributed by atoms with E-state index < -0.39 is 5.60 Å². The van der Waals surface area contributed by atoms with Gasteiger partial charge in [0.1, 0.15) is 5.60 Å². The van der Waals surface area contributed by atoms with E-state index in [9.17, 15) is 4.79 Å². The molecule has 1 saturated heterocycles. The predicted molar refractivity (Wildman–Crippen MR) is 85.9 cm³/mol. The summed E-state index contributed by atoms with van der Waals surface area (Å²) in [5, 5.41) is 3.44. The quantitative estimate of drug-likeness (QED) is 0.731. The minimum Gasteiger partial charge on any atom is -0.444 e. The standard InChI is InChI=1S/C16H32N2O4/c1-6-20-14(21-7-2)11-17-13-9-8-10-18(12-13)15(19)22-16(3,4)5/h13-14,17H,6-12H2,1-5H3. The maximum atomic E-state index is 12.1. The minimum atomic E-state index is -0.452. The number of carbonyl (C=O) groups is 1. The van der Waals surface area contributed by atoms with Crippen molar-refractivity contribution >= 4 is 6.09 Å². The Morgan fingerprint density at radius 1 is 1.27 bits per heavy atom. The molecule has 0 aromatic rings. The normalized spacial score (nSPS) is 19.5. The van der Waals surface area contributed by atoms with Crippen LogP contribution in [-0.4, -0.2) is 61.8 Å². The van der Waals surface area contributed by atoms with Gasteiger partial charge >= 0.3 is 6.09 Å². The summed E-state index contributed by atoms with van der Waals surface area (Å²) in [5.41, 5.74) is -0.452. The van der Waals surface area contributed by atoms with Crippen LogP contribution < -0.4 is 5.32 Å². The van der Waals surface area contributed by atoms with E-state index >= 15 is 0 Å². The fourth-order valence-corrected chi connectivity index (χ4v) is 2.44. The number of hydrogen-bond acceptors (Lipinski definition) is 5. The molecule has 0 aliphatic carbocycles. The number of amides is 1. The number of hydrogen-bond donors (Lipinski definition) is 1. The van der Waals surface area contributed by atoms with Crippen molar-refractivity contribution in [3.8, 4) is 0 Å². The number of rotatable bonds is 7. The van der Waals surface area contributed by atoms with Gasteiger partial charge < -0.3 is 24.4 Å². The van der Waals surface area contributed by atoms with Crippen LogP contribution in [0, 0.1) is 0 Å². The Hall–Kier alpha value is -0.850. The van der Waals surface area contributed by atoms with Crippen molar-refractivity contribution in [3.05, 3.63) is 0 Å². The first-order chi connectivity index (χ1) is 10.4. The molecule has 0 spiro atoms. The molecular weight excluding hydrogens is 284 g/mol. The van der Waals surface area contributed by atoms with Gasteiger partial charge in [-0.05, 0) is 47.5 Å². The lowest BCUT2D eigenvalue weighted by Gasteiger charge is -2.35. The van der Waals surface area contributed by atoms with Crippen LogP contribution in [0.5, 0.6) is 0 Å². The van der Waals surface area contributed by atoms with Crippen molar-refractivity contribution in [2.75, 3.05) is 32.8 Å². The van der Waals surface area contributed by atoms with Crippen LogP contribution in [0.2, 0.25) is 0 Å². The van der Waals surface area contributed by atoms with Gasteiger partial charge in [-0.25, -0.2) is 4.79 Å². The zero-order valence-corrected chi connectivity index (χ0v) is 14.7. The molecule has 22 heavy (non-hydrogen) atoms. The van der Waals surface area contributed by atoms with E-state index in [0.29, 0.717) is 26.3 Å². The van der Waals surface area contributed by atoms with Crippen molar-refractivity contribution in [1.82, 2.24) is 10.2 Å². The van der Waals surface area contributed by atoms with Gasteiger partial charge in [0.2, 0.25) is 0 Å². The van der Waals surface area contributed by atoms with Gasteiger partial charge in [0.15, 0.2) is 6.29 Å². The second-order valence-corrected chi connectivity index (χ2v) is 6.51. The van der Waals surface area contributed by atoms with E-state index in [4.69, 9.17) is 14.2 Å². The van der Waals surface area contributed by atoms with Gasteiger partial charge in [-0.15, -0.1) is 0 Å². The molecule has 0 bridgehead atoms. The van der Waals surface area contributed by atoms with Crippen LogP contribution >= 0.6 is 0 Å². The number of nitrogens with one attached hydrogen (secondary N) is 1. The monoisotopic (exact) mass is 316 g/mol. The minimum absolute atomic E-state index is 0.230. The molecule has 0 radical (unpaired) electrons. The summed E-state index contributed by atoms with van der Waals surface area (Å²) in [6.07, 6.45) is 1.56. The third kappa shape index (κ3) is 7.42. The number of likely N-dealkylation sites (tertiary alicyclic amines) is 1. The predicted octanol–water partition coefficient (Wildman–Crippen LogP) is 2.37. The average Bonchev–Trinajstić information content (AvgIpc) is 2.44. The molecule has 1 heterocycles. The molecule has 6 nitrogen and oxygen atoms in total. The molecule has 130 valence electrons. The Kier molecular flexibility index (Phi) is 8.14. The van der Waals surface area contributed by atoms with Crippen molar-refractivity contribution < 1.29 is 19.0 Å². The fraction of sp³-hybridized carbons (Fsp3) is 0.938. The first kappa shape index (κ1) is 19.2. The Balaban J connectivity index is 2.40. The van der Waals surface area contributed by atoms with Crippen molar-refractivity contribution in [1.29, 1.82) is 0 Å². The Morgan fingerprint density at radius 2 is 1.91 bits per heavy atom. The van der Waals surface area contributed by atoms with Crippen LogP contribution in [0.15, 0.2) is 0 Å². The Bertz CT molecular complexity index is 325. The van der Waals surface area contributed by atoms with Gasteiger partial charge in [-0.2, -0.15) is 0 Å². The summed E-state index contributed by atoms with van der Waals surface area (Å²) >= 11 is 0. The van der Waals surface area contributed by atoms with E-state index in [1.807, 2.05) is 34.6 Å². The van der Waals surface area contributed by atoms with Gasteiger partial charge in [-0.1, -0.05) is 0 Å². The maximum absolute atomic E-state index is 12.1. The zero-order chi connectivity index (χ0) is 16.6. The molecule has 6 heteroatoms. The maximum Gasteiger partial charge on any atom is 0.410 e. The topological polar surface area (TPSA) is 60.0 Å².